The van der Waals surface area contributed by atoms with E-state index in [0.717, 1.165) is 28.6 Å². The maximum Gasteiger partial charge on any atom is 0.130 e. The van der Waals surface area contributed by atoms with Gasteiger partial charge in [-0.25, -0.2) is 0 Å². The van der Waals surface area contributed by atoms with Crippen molar-refractivity contribution in [3.05, 3.63) is 82.4 Å². The minimum absolute atomic E-state index is 0.813. The summed E-state index contributed by atoms with van der Waals surface area (Å²) >= 11 is 0. The van der Waals surface area contributed by atoms with Crippen molar-refractivity contribution in [2.24, 2.45) is 0 Å². The second-order valence-electron chi connectivity index (χ2n) is 6.62. The highest BCUT2D eigenvalue weighted by atomic mass is 16.5. The molecule has 0 atom stereocenters. The number of hydrogen-bond donors (Lipinski definition) is 0. The maximum atomic E-state index is 6.03. The van der Waals surface area contributed by atoms with Crippen LogP contribution < -0.4 is 9.47 Å². The summed E-state index contributed by atoms with van der Waals surface area (Å²) in [7, 11) is 0. The molecule has 2 heteroatoms. The van der Waals surface area contributed by atoms with E-state index in [9.17, 15) is 0 Å². The Kier molecular flexibility index (Phi) is 4.80. The van der Waals surface area contributed by atoms with Crippen LogP contribution in [-0.4, -0.2) is 0 Å². The molecule has 2 nitrogen and oxygen atoms in total. The SMILES string of the molecule is Cc1ccc(Oc2ccc(Oc3ccc(C)c(C)c3)c(C)c2)cc1C. The Morgan fingerprint density at radius 2 is 0.880 bits per heavy atom. The Balaban J connectivity index is 1.78. The van der Waals surface area contributed by atoms with Gasteiger partial charge in [0, 0.05) is 0 Å². The fourth-order valence-corrected chi connectivity index (χ4v) is 2.62. The fourth-order valence-electron chi connectivity index (χ4n) is 2.62. The third-order valence-corrected chi connectivity index (χ3v) is 4.57. The predicted molar refractivity (Wildman–Crippen MR) is 103 cm³/mol. The van der Waals surface area contributed by atoms with Crippen LogP contribution in [-0.2, 0) is 0 Å². The van der Waals surface area contributed by atoms with E-state index in [2.05, 4.69) is 52.0 Å². The van der Waals surface area contributed by atoms with Gasteiger partial charge in [-0.3, -0.25) is 0 Å². The van der Waals surface area contributed by atoms with E-state index < -0.39 is 0 Å². The highest BCUT2D eigenvalue weighted by Crippen LogP contribution is 2.31. The lowest BCUT2D eigenvalue weighted by atomic mass is 10.1. The van der Waals surface area contributed by atoms with Gasteiger partial charge in [0.25, 0.3) is 0 Å². The van der Waals surface area contributed by atoms with Crippen molar-refractivity contribution in [1.29, 1.82) is 0 Å². The van der Waals surface area contributed by atoms with Crippen molar-refractivity contribution >= 4 is 0 Å². The average molecular weight is 332 g/mol. The Labute approximate surface area is 150 Å². The first-order valence-corrected chi connectivity index (χ1v) is 8.53. The van der Waals surface area contributed by atoms with Gasteiger partial charge < -0.3 is 9.47 Å². The predicted octanol–water partition coefficient (Wildman–Crippen LogP) is 6.81. The number of ether oxygens (including phenoxy) is 2. The van der Waals surface area contributed by atoms with Crippen LogP contribution in [0.4, 0.5) is 0 Å². The fraction of sp³-hybridized carbons (Fsp3) is 0.217. The molecule has 0 aliphatic carbocycles. The van der Waals surface area contributed by atoms with Crippen molar-refractivity contribution < 1.29 is 9.47 Å². The average Bonchev–Trinajstić information content (AvgIpc) is 2.57. The zero-order chi connectivity index (χ0) is 18.0. The van der Waals surface area contributed by atoms with Crippen LogP contribution in [0.3, 0.4) is 0 Å². The molecule has 0 aliphatic rings. The number of rotatable bonds is 4. The van der Waals surface area contributed by atoms with Gasteiger partial charge >= 0.3 is 0 Å². The Morgan fingerprint density at radius 3 is 1.36 bits per heavy atom. The Morgan fingerprint density at radius 1 is 0.440 bits per heavy atom. The van der Waals surface area contributed by atoms with Crippen molar-refractivity contribution in [3.8, 4) is 23.0 Å². The Hall–Kier alpha value is -2.74. The summed E-state index contributed by atoms with van der Waals surface area (Å²) in [5, 5.41) is 0. The standard InChI is InChI=1S/C23H24O2/c1-15-6-8-20(12-17(15)3)24-21-10-11-23(19(5)14-21)25-22-9-7-16(2)18(4)13-22/h6-14H,1-5H3. The molecule has 0 unspecified atom stereocenters. The molecular formula is C23H24O2. The van der Waals surface area contributed by atoms with Crippen LogP contribution in [0, 0.1) is 34.6 Å². The summed E-state index contributed by atoms with van der Waals surface area (Å²) < 4.78 is 12.0. The van der Waals surface area contributed by atoms with Gasteiger partial charge in [0.05, 0.1) is 0 Å². The third kappa shape index (κ3) is 4.03. The van der Waals surface area contributed by atoms with E-state index in [1.807, 2.05) is 37.3 Å². The van der Waals surface area contributed by atoms with Crippen LogP contribution in [0.1, 0.15) is 27.8 Å². The van der Waals surface area contributed by atoms with Crippen LogP contribution in [0.5, 0.6) is 23.0 Å². The third-order valence-electron chi connectivity index (χ3n) is 4.57. The number of benzene rings is 3. The minimum Gasteiger partial charge on any atom is -0.457 e. The maximum absolute atomic E-state index is 6.03. The zero-order valence-electron chi connectivity index (χ0n) is 15.5. The van der Waals surface area contributed by atoms with Crippen molar-refractivity contribution in [1.82, 2.24) is 0 Å². The molecule has 0 radical (unpaired) electrons. The van der Waals surface area contributed by atoms with Crippen molar-refractivity contribution in [2.75, 3.05) is 0 Å². The highest BCUT2D eigenvalue weighted by molar-refractivity contribution is 5.45. The summed E-state index contributed by atoms with van der Waals surface area (Å²) in [6.07, 6.45) is 0. The van der Waals surface area contributed by atoms with Gasteiger partial charge in [-0.05, 0) is 105 Å². The zero-order valence-corrected chi connectivity index (χ0v) is 15.5. The first-order valence-electron chi connectivity index (χ1n) is 8.53. The number of aryl methyl sites for hydroxylation is 5. The normalized spacial score (nSPS) is 10.6. The van der Waals surface area contributed by atoms with Crippen molar-refractivity contribution in [3.63, 3.8) is 0 Å². The molecule has 0 saturated heterocycles. The molecule has 3 rings (SSSR count). The molecule has 0 spiro atoms. The largest absolute Gasteiger partial charge is 0.457 e. The molecular weight excluding hydrogens is 308 g/mol. The second-order valence-corrected chi connectivity index (χ2v) is 6.62. The molecule has 0 heterocycles. The lowest BCUT2D eigenvalue weighted by Gasteiger charge is -2.13. The topological polar surface area (TPSA) is 18.5 Å². The second kappa shape index (κ2) is 7.02. The summed E-state index contributed by atoms with van der Waals surface area (Å²) in [6, 6.07) is 18.2. The van der Waals surface area contributed by atoms with Crippen LogP contribution in [0.2, 0.25) is 0 Å². The van der Waals surface area contributed by atoms with Gasteiger partial charge in [0.15, 0.2) is 0 Å². The molecule has 0 N–H and O–H groups in total. The molecule has 0 aliphatic heterocycles. The minimum atomic E-state index is 0.813. The number of hydrogen-bond acceptors (Lipinski definition) is 2. The van der Waals surface area contributed by atoms with Gasteiger partial charge in [0.2, 0.25) is 0 Å². The molecule has 0 amide bonds. The van der Waals surface area contributed by atoms with E-state index in [-0.39, 0.29) is 0 Å². The van der Waals surface area contributed by atoms with Crippen LogP contribution >= 0.6 is 0 Å². The lowest BCUT2D eigenvalue weighted by molar-refractivity contribution is 0.465. The quantitative estimate of drug-likeness (QED) is 0.522. The first kappa shape index (κ1) is 17.1. The lowest BCUT2D eigenvalue weighted by Crippen LogP contribution is -1.91. The van der Waals surface area contributed by atoms with E-state index in [1.165, 1.54) is 22.3 Å². The van der Waals surface area contributed by atoms with Crippen molar-refractivity contribution in [2.45, 2.75) is 34.6 Å². The molecule has 0 aromatic heterocycles. The van der Waals surface area contributed by atoms with E-state index in [0.29, 0.717) is 0 Å². The first-order chi connectivity index (χ1) is 11.9. The molecule has 3 aromatic rings. The van der Waals surface area contributed by atoms with Gasteiger partial charge in [-0.2, -0.15) is 0 Å². The smallest absolute Gasteiger partial charge is 0.130 e. The molecule has 0 fully saturated rings. The van der Waals surface area contributed by atoms with Gasteiger partial charge in [0.1, 0.15) is 23.0 Å². The van der Waals surface area contributed by atoms with E-state index in [4.69, 9.17) is 9.47 Å². The van der Waals surface area contributed by atoms with Crippen LogP contribution in [0.15, 0.2) is 54.6 Å². The summed E-state index contributed by atoms with van der Waals surface area (Å²) in [6.45, 7) is 10.4. The van der Waals surface area contributed by atoms with E-state index in [1.54, 1.807) is 0 Å². The Bertz CT molecular complexity index is 910. The molecule has 25 heavy (non-hydrogen) atoms. The van der Waals surface area contributed by atoms with Crippen LogP contribution in [0.25, 0.3) is 0 Å². The highest BCUT2D eigenvalue weighted by Gasteiger charge is 2.06. The molecule has 0 bridgehead atoms. The van der Waals surface area contributed by atoms with Gasteiger partial charge in [-0.1, -0.05) is 12.1 Å². The van der Waals surface area contributed by atoms with Gasteiger partial charge in [-0.15, -0.1) is 0 Å². The molecule has 3 aromatic carbocycles. The summed E-state index contributed by atoms with van der Waals surface area (Å²) in [5.41, 5.74) is 6.02. The molecule has 128 valence electrons. The summed E-state index contributed by atoms with van der Waals surface area (Å²) in [4.78, 5) is 0. The van der Waals surface area contributed by atoms with E-state index >= 15 is 0 Å². The molecule has 0 saturated carbocycles. The monoisotopic (exact) mass is 332 g/mol. The summed E-state index contributed by atoms with van der Waals surface area (Å²) in [5.74, 6) is 3.36.